The van der Waals surface area contributed by atoms with Gasteiger partial charge in [0.25, 0.3) is 0 Å². The molecule has 1 atom stereocenters. The fraction of sp³-hybridized carbons (Fsp3) is 0.471. The fourth-order valence-electron chi connectivity index (χ4n) is 2.41. The van der Waals surface area contributed by atoms with E-state index in [0.29, 0.717) is 6.54 Å². The summed E-state index contributed by atoms with van der Waals surface area (Å²) in [6.07, 6.45) is 0. The second-order valence-electron chi connectivity index (χ2n) is 5.64. The van der Waals surface area contributed by atoms with E-state index in [2.05, 4.69) is 50.1 Å². The van der Waals surface area contributed by atoms with Crippen molar-refractivity contribution in [2.45, 2.75) is 54.1 Å². The predicted octanol–water partition coefficient (Wildman–Crippen LogP) is 4.07. The summed E-state index contributed by atoms with van der Waals surface area (Å²) in [6, 6.07) is 4.80. The number of hydrogen-bond donors (Lipinski definition) is 1. The molecular weight excluding hydrogens is 248 g/mol. The molecule has 2 rings (SSSR count). The molecule has 0 aliphatic rings. The fourth-order valence-corrected chi connectivity index (χ4v) is 2.41. The molecule has 0 saturated carbocycles. The minimum Gasteiger partial charge on any atom is -0.444 e. The molecule has 108 valence electrons. The molecule has 1 heterocycles. The van der Waals surface area contributed by atoms with E-state index in [9.17, 15) is 0 Å². The summed E-state index contributed by atoms with van der Waals surface area (Å²) in [4.78, 5) is 4.40. The van der Waals surface area contributed by atoms with Crippen LogP contribution in [-0.4, -0.2) is 4.98 Å². The van der Waals surface area contributed by atoms with Crippen molar-refractivity contribution in [3.63, 3.8) is 0 Å². The van der Waals surface area contributed by atoms with E-state index >= 15 is 0 Å². The number of nitrogens with zero attached hydrogens (tertiary/aromatic N) is 1. The summed E-state index contributed by atoms with van der Waals surface area (Å²) in [5.41, 5.74) is 6.32. The minimum absolute atomic E-state index is 0.279. The van der Waals surface area contributed by atoms with Gasteiger partial charge in [0.05, 0.1) is 12.2 Å². The number of oxazole rings is 1. The summed E-state index contributed by atoms with van der Waals surface area (Å²) in [5, 5.41) is 3.49. The molecule has 1 unspecified atom stereocenters. The first-order valence-electron chi connectivity index (χ1n) is 7.12. The molecule has 0 aliphatic carbocycles. The van der Waals surface area contributed by atoms with E-state index in [1.165, 1.54) is 22.3 Å². The van der Waals surface area contributed by atoms with Gasteiger partial charge in [-0.3, -0.25) is 0 Å². The topological polar surface area (TPSA) is 38.1 Å². The second-order valence-corrected chi connectivity index (χ2v) is 5.64. The molecule has 0 aliphatic heterocycles. The van der Waals surface area contributed by atoms with Gasteiger partial charge in [0, 0.05) is 6.04 Å². The van der Waals surface area contributed by atoms with Crippen LogP contribution < -0.4 is 5.32 Å². The van der Waals surface area contributed by atoms with E-state index in [1.54, 1.807) is 0 Å². The van der Waals surface area contributed by atoms with E-state index < -0.39 is 0 Å². The van der Waals surface area contributed by atoms with Crippen LogP contribution in [0.15, 0.2) is 16.5 Å². The Labute approximate surface area is 121 Å². The zero-order chi connectivity index (χ0) is 14.9. The van der Waals surface area contributed by atoms with Crippen LogP contribution in [0.5, 0.6) is 0 Å². The third-order valence-electron chi connectivity index (χ3n) is 3.98. The molecular formula is C17H24N2O. The van der Waals surface area contributed by atoms with Crippen LogP contribution in [0.2, 0.25) is 0 Å². The molecule has 0 amide bonds. The van der Waals surface area contributed by atoms with Crippen LogP contribution in [0.4, 0.5) is 0 Å². The molecule has 1 N–H and O–H groups in total. The van der Waals surface area contributed by atoms with Crippen LogP contribution >= 0.6 is 0 Å². The Bertz CT molecular complexity index is 594. The van der Waals surface area contributed by atoms with Crippen molar-refractivity contribution in [2.75, 3.05) is 0 Å². The Hall–Kier alpha value is -1.61. The van der Waals surface area contributed by atoms with Gasteiger partial charge < -0.3 is 9.73 Å². The lowest BCUT2D eigenvalue weighted by molar-refractivity contribution is 0.431. The monoisotopic (exact) mass is 272 g/mol. The van der Waals surface area contributed by atoms with Crippen LogP contribution in [-0.2, 0) is 6.54 Å². The zero-order valence-electron chi connectivity index (χ0n) is 13.3. The van der Waals surface area contributed by atoms with Gasteiger partial charge in [0.2, 0.25) is 5.89 Å². The third kappa shape index (κ3) is 3.10. The molecule has 0 saturated heterocycles. The SMILES string of the molecule is Cc1cc(C)c(C(C)NCc2nc(C)c(C)o2)cc1C. The van der Waals surface area contributed by atoms with E-state index in [-0.39, 0.29) is 6.04 Å². The van der Waals surface area contributed by atoms with E-state index in [4.69, 9.17) is 4.42 Å². The van der Waals surface area contributed by atoms with Crippen LogP contribution in [0.3, 0.4) is 0 Å². The molecule has 0 spiro atoms. The van der Waals surface area contributed by atoms with Crippen molar-refractivity contribution in [1.29, 1.82) is 0 Å². The van der Waals surface area contributed by atoms with Gasteiger partial charge in [-0.1, -0.05) is 12.1 Å². The minimum atomic E-state index is 0.279. The Balaban J connectivity index is 2.08. The maximum atomic E-state index is 5.60. The molecule has 3 heteroatoms. The smallest absolute Gasteiger partial charge is 0.208 e. The highest BCUT2D eigenvalue weighted by molar-refractivity contribution is 5.38. The van der Waals surface area contributed by atoms with Crippen molar-refractivity contribution in [1.82, 2.24) is 10.3 Å². The lowest BCUT2D eigenvalue weighted by atomic mass is 9.96. The molecule has 0 fully saturated rings. The number of benzene rings is 1. The van der Waals surface area contributed by atoms with Crippen molar-refractivity contribution in [2.24, 2.45) is 0 Å². The Morgan fingerprint density at radius 2 is 1.70 bits per heavy atom. The standard InChI is InChI=1S/C17H24N2O/c1-10-7-12(3)16(8-11(10)2)14(5)18-9-17-19-13(4)15(6)20-17/h7-8,14,18H,9H2,1-6H3. The normalized spacial score (nSPS) is 12.7. The average molecular weight is 272 g/mol. The second kappa shape index (κ2) is 5.80. The van der Waals surface area contributed by atoms with Crippen molar-refractivity contribution >= 4 is 0 Å². The Morgan fingerprint density at radius 3 is 2.30 bits per heavy atom. The third-order valence-corrected chi connectivity index (χ3v) is 3.98. The first kappa shape index (κ1) is 14.8. The van der Waals surface area contributed by atoms with Crippen molar-refractivity contribution < 1.29 is 4.42 Å². The highest BCUT2D eigenvalue weighted by Crippen LogP contribution is 2.22. The quantitative estimate of drug-likeness (QED) is 0.911. The Morgan fingerprint density at radius 1 is 1.05 bits per heavy atom. The van der Waals surface area contributed by atoms with Gasteiger partial charge in [0.15, 0.2) is 0 Å². The molecule has 2 aromatic rings. The molecule has 0 radical (unpaired) electrons. The maximum absolute atomic E-state index is 5.60. The number of rotatable bonds is 4. The zero-order valence-corrected chi connectivity index (χ0v) is 13.3. The van der Waals surface area contributed by atoms with Gasteiger partial charge >= 0.3 is 0 Å². The van der Waals surface area contributed by atoms with Crippen LogP contribution in [0, 0.1) is 34.6 Å². The lowest BCUT2D eigenvalue weighted by Gasteiger charge is -2.17. The number of aromatic nitrogens is 1. The van der Waals surface area contributed by atoms with Gasteiger partial charge in [0.1, 0.15) is 5.76 Å². The first-order valence-corrected chi connectivity index (χ1v) is 7.12. The maximum Gasteiger partial charge on any atom is 0.208 e. The van der Waals surface area contributed by atoms with Crippen LogP contribution in [0.25, 0.3) is 0 Å². The van der Waals surface area contributed by atoms with E-state index in [0.717, 1.165) is 17.3 Å². The molecule has 1 aromatic carbocycles. The molecule has 0 bridgehead atoms. The van der Waals surface area contributed by atoms with Gasteiger partial charge in [-0.15, -0.1) is 0 Å². The van der Waals surface area contributed by atoms with Crippen molar-refractivity contribution in [3.8, 4) is 0 Å². The summed E-state index contributed by atoms with van der Waals surface area (Å²) >= 11 is 0. The van der Waals surface area contributed by atoms with Gasteiger partial charge in [-0.25, -0.2) is 4.98 Å². The summed E-state index contributed by atoms with van der Waals surface area (Å²) < 4.78 is 5.60. The number of aryl methyl sites for hydroxylation is 5. The molecule has 1 aromatic heterocycles. The largest absolute Gasteiger partial charge is 0.444 e. The highest BCUT2D eigenvalue weighted by atomic mass is 16.4. The summed E-state index contributed by atoms with van der Waals surface area (Å²) in [7, 11) is 0. The average Bonchev–Trinajstić information content (AvgIpc) is 2.70. The van der Waals surface area contributed by atoms with Crippen molar-refractivity contribution in [3.05, 3.63) is 51.7 Å². The highest BCUT2D eigenvalue weighted by Gasteiger charge is 2.12. The number of hydrogen-bond acceptors (Lipinski definition) is 3. The summed E-state index contributed by atoms with van der Waals surface area (Å²) in [6.45, 7) is 13.2. The molecule has 20 heavy (non-hydrogen) atoms. The lowest BCUT2D eigenvalue weighted by Crippen LogP contribution is -2.19. The molecule has 3 nitrogen and oxygen atoms in total. The van der Waals surface area contributed by atoms with Gasteiger partial charge in [-0.05, 0) is 63.8 Å². The predicted molar refractivity (Wildman–Crippen MR) is 81.9 cm³/mol. The van der Waals surface area contributed by atoms with Gasteiger partial charge in [-0.2, -0.15) is 0 Å². The van der Waals surface area contributed by atoms with E-state index in [1.807, 2.05) is 13.8 Å². The number of nitrogens with one attached hydrogen (secondary N) is 1. The van der Waals surface area contributed by atoms with Crippen LogP contribution in [0.1, 0.15) is 52.6 Å². The Kier molecular flexibility index (Phi) is 4.29. The summed E-state index contributed by atoms with van der Waals surface area (Å²) in [5.74, 6) is 1.66. The first-order chi connectivity index (χ1) is 9.38.